The second-order valence-electron chi connectivity index (χ2n) is 11.7. The molecule has 2 unspecified atom stereocenters. The van der Waals surface area contributed by atoms with E-state index in [0.717, 1.165) is 37.6 Å². The molecule has 0 spiro atoms. The molecule has 1 amide bonds. The molecule has 13 heteroatoms. The summed E-state index contributed by atoms with van der Waals surface area (Å²) in [6, 6.07) is 9.13. The molecule has 3 N–H and O–H groups in total. The van der Waals surface area contributed by atoms with Gasteiger partial charge in [0.25, 0.3) is 0 Å². The number of nitrogens with one attached hydrogen (secondary N) is 1. The van der Waals surface area contributed by atoms with Gasteiger partial charge in [0.05, 0.1) is 17.5 Å². The normalized spacial score (nSPS) is 26.0. The number of halogens is 1. The zero-order chi connectivity index (χ0) is 28.9. The Hall–Kier alpha value is -3.29. The van der Waals surface area contributed by atoms with Crippen molar-refractivity contribution in [1.29, 1.82) is 0 Å². The third kappa shape index (κ3) is 5.26. The quantitative estimate of drug-likeness (QED) is 0.469. The first-order chi connectivity index (χ1) is 19.5. The van der Waals surface area contributed by atoms with Crippen molar-refractivity contribution in [2.75, 3.05) is 48.8 Å². The van der Waals surface area contributed by atoms with Crippen molar-refractivity contribution in [3.8, 4) is 0 Å². The van der Waals surface area contributed by atoms with E-state index in [1.54, 1.807) is 11.8 Å². The van der Waals surface area contributed by atoms with Gasteiger partial charge in [0.1, 0.15) is 23.0 Å². The summed E-state index contributed by atoms with van der Waals surface area (Å²) in [4.78, 5) is 25.3. The van der Waals surface area contributed by atoms with E-state index in [1.165, 1.54) is 24.3 Å². The van der Waals surface area contributed by atoms with Crippen LogP contribution in [0.5, 0.6) is 0 Å². The monoisotopic (exact) mass is 584 g/mol. The molecule has 3 aliphatic rings. The minimum absolute atomic E-state index is 0.119. The molecule has 220 valence electrons. The van der Waals surface area contributed by atoms with Crippen molar-refractivity contribution in [2.24, 2.45) is 5.73 Å². The second kappa shape index (κ2) is 10.5. The molecule has 3 aliphatic heterocycles. The van der Waals surface area contributed by atoms with E-state index in [2.05, 4.69) is 14.5 Å². The predicted octanol–water partition coefficient (Wildman–Crippen LogP) is 2.13. The summed E-state index contributed by atoms with van der Waals surface area (Å²) >= 11 is 0. The van der Waals surface area contributed by atoms with E-state index in [4.69, 9.17) is 15.8 Å². The molecule has 11 nitrogen and oxygen atoms in total. The van der Waals surface area contributed by atoms with Gasteiger partial charge in [-0.3, -0.25) is 4.79 Å². The fourth-order valence-electron chi connectivity index (χ4n) is 6.16. The molecule has 2 saturated heterocycles. The number of hydrogen-bond acceptors (Lipinski definition) is 8. The van der Waals surface area contributed by atoms with E-state index in [1.807, 2.05) is 23.7 Å². The number of sulfonamides is 1. The SMILES string of the molecule is CN1CCCCS(=O)(=O)NC(C)(c2ccc(F)cc2)C(=O)N2CCCCC2c2cc3nc(N4CC(N)C4)cc1n3n2. The highest BCUT2D eigenvalue weighted by molar-refractivity contribution is 7.89. The molecule has 3 aromatic rings. The standard InChI is InChI=1S/C28H37FN8O3S/c1-28(19-8-10-20(29)11-9-19)27(38)36-13-4-3-7-23(36)22-15-25-31-24(35-17-21(30)18-35)16-26(37(25)32-22)34(2)12-5-6-14-41(39,40)33-28/h8-11,15-16,21,23,33H,3-7,12-14,17-18,30H2,1-2H3. The zero-order valence-electron chi connectivity index (χ0n) is 23.5. The first-order valence-corrected chi connectivity index (χ1v) is 15.9. The van der Waals surface area contributed by atoms with Gasteiger partial charge in [-0.1, -0.05) is 12.1 Å². The number of aromatic nitrogens is 3. The zero-order valence-corrected chi connectivity index (χ0v) is 24.3. The number of carbonyl (C=O) groups excluding carboxylic acids is 1. The number of anilines is 2. The topological polar surface area (TPSA) is 129 Å². The van der Waals surface area contributed by atoms with Crippen LogP contribution in [0.2, 0.25) is 0 Å². The van der Waals surface area contributed by atoms with Gasteiger partial charge in [0, 0.05) is 51.4 Å². The molecule has 2 fully saturated rings. The van der Waals surface area contributed by atoms with Crippen molar-refractivity contribution in [3.05, 3.63) is 53.5 Å². The Bertz CT molecular complexity index is 1560. The second-order valence-corrected chi connectivity index (χ2v) is 13.5. The lowest BCUT2D eigenvalue weighted by Crippen LogP contribution is -2.57. The van der Waals surface area contributed by atoms with Crippen LogP contribution in [0.1, 0.15) is 56.3 Å². The van der Waals surface area contributed by atoms with Crippen LogP contribution < -0.4 is 20.3 Å². The number of nitrogens with zero attached hydrogens (tertiary/aromatic N) is 6. The van der Waals surface area contributed by atoms with Crippen molar-refractivity contribution < 1.29 is 17.6 Å². The van der Waals surface area contributed by atoms with Crippen LogP contribution in [-0.4, -0.2) is 78.8 Å². The predicted molar refractivity (Wildman–Crippen MR) is 155 cm³/mol. The Morgan fingerprint density at radius 2 is 1.80 bits per heavy atom. The number of hydrogen-bond donors (Lipinski definition) is 2. The molecule has 2 atom stereocenters. The summed E-state index contributed by atoms with van der Waals surface area (Å²) in [6.07, 6.45) is 3.37. The van der Waals surface area contributed by atoms with Gasteiger partial charge in [0.15, 0.2) is 5.65 Å². The van der Waals surface area contributed by atoms with Crippen molar-refractivity contribution >= 4 is 33.2 Å². The number of rotatable bonds is 2. The third-order valence-corrected chi connectivity index (χ3v) is 10.1. The molecule has 1 aromatic carbocycles. The fraction of sp³-hybridized carbons (Fsp3) is 0.536. The van der Waals surface area contributed by atoms with Crippen LogP contribution in [0.25, 0.3) is 5.65 Å². The minimum Gasteiger partial charge on any atom is -0.359 e. The number of piperidine rings is 1. The Morgan fingerprint density at radius 1 is 1.07 bits per heavy atom. The van der Waals surface area contributed by atoms with E-state index < -0.39 is 21.4 Å². The molecule has 2 aromatic heterocycles. The molecule has 2 bridgehead atoms. The lowest BCUT2D eigenvalue weighted by Gasteiger charge is -2.41. The molecule has 0 saturated carbocycles. The van der Waals surface area contributed by atoms with Crippen LogP contribution >= 0.6 is 0 Å². The summed E-state index contributed by atoms with van der Waals surface area (Å²) < 4.78 is 45.2. The maximum Gasteiger partial charge on any atom is 0.248 e. The molecule has 5 heterocycles. The van der Waals surface area contributed by atoms with Crippen molar-refractivity contribution in [2.45, 2.75) is 56.7 Å². The van der Waals surface area contributed by atoms with E-state index in [0.29, 0.717) is 49.3 Å². The number of benzene rings is 1. The van der Waals surface area contributed by atoms with Gasteiger partial charge in [-0.25, -0.2) is 17.8 Å². The fourth-order valence-corrected chi connectivity index (χ4v) is 7.67. The van der Waals surface area contributed by atoms with Crippen molar-refractivity contribution in [1.82, 2.24) is 24.2 Å². The molecular formula is C28H37FN8O3S. The first kappa shape index (κ1) is 27.9. The number of nitrogens with two attached hydrogens (primary N) is 1. The van der Waals surface area contributed by atoms with Crippen LogP contribution in [-0.2, 0) is 20.4 Å². The van der Waals surface area contributed by atoms with Gasteiger partial charge in [-0.15, -0.1) is 0 Å². The Kier molecular flexibility index (Phi) is 7.15. The lowest BCUT2D eigenvalue weighted by molar-refractivity contribution is -0.141. The van der Waals surface area contributed by atoms with Gasteiger partial charge in [0.2, 0.25) is 15.9 Å². The Labute approximate surface area is 239 Å². The van der Waals surface area contributed by atoms with E-state index >= 15 is 0 Å². The van der Waals surface area contributed by atoms with Gasteiger partial charge in [-0.2, -0.15) is 14.3 Å². The average Bonchev–Trinajstić information content (AvgIpc) is 3.36. The maximum absolute atomic E-state index is 14.4. The summed E-state index contributed by atoms with van der Waals surface area (Å²) in [5.41, 5.74) is 6.21. The maximum atomic E-state index is 14.4. The highest BCUT2D eigenvalue weighted by atomic mass is 32.2. The van der Waals surface area contributed by atoms with Gasteiger partial charge in [-0.05, 0) is 56.7 Å². The number of carbonyl (C=O) groups is 1. The van der Waals surface area contributed by atoms with Crippen molar-refractivity contribution in [3.63, 3.8) is 0 Å². The van der Waals surface area contributed by atoms with Gasteiger partial charge >= 0.3 is 0 Å². The van der Waals surface area contributed by atoms with E-state index in [9.17, 15) is 17.6 Å². The summed E-state index contributed by atoms with van der Waals surface area (Å²) in [7, 11) is -1.89. The van der Waals surface area contributed by atoms with Crippen LogP contribution in [0.3, 0.4) is 0 Å². The number of amides is 1. The summed E-state index contributed by atoms with van der Waals surface area (Å²) in [5, 5.41) is 4.98. The smallest absolute Gasteiger partial charge is 0.248 e. The third-order valence-electron chi connectivity index (χ3n) is 8.51. The lowest BCUT2D eigenvalue weighted by atomic mass is 9.89. The minimum atomic E-state index is -3.86. The molecular weight excluding hydrogens is 547 g/mol. The summed E-state index contributed by atoms with van der Waals surface area (Å²) in [6.45, 7) is 4.08. The highest BCUT2D eigenvalue weighted by Crippen LogP contribution is 2.37. The van der Waals surface area contributed by atoms with E-state index in [-0.39, 0.29) is 23.7 Å². The van der Waals surface area contributed by atoms with Crippen LogP contribution in [0.4, 0.5) is 16.0 Å². The van der Waals surface area contributed by atoms with Crippen LogP contribution in [0.15, 0.2) is 36.4 Å². The molecule has 6 rings (SSSR count). The first-order valence-electron chi connectivity index (χ1n) is 14.3. The highest BCUT2D eigenvalue weighted by Gasteiger charge is 2.45. The molecule has 0 radical (unpaired) electrons. The van der Waals surface area contributed by atoms with Crippen LogP contribution in [0, 0.1) is 5.82 Å². The Morgan fingerprint density at radius 3 is 2.54 bits per heavy atom. The van der Waals surface area contributed by atoms with Gasteiger partial charge < -0.3 is 20.4 Å². The largest absolute Gasteiger partial charge is 0.359 e. The Balaban J connectivity index is 1.47. The molecule has 0 aliphatic carbocycles. The number of fused-ring (bicyclic) bond motifs is 3. The summed E-state index contributed by atoms with van der Waals surface area (Å²) in [5.74, 6) is 0.683. The molecule has 41 heavy (non-hydrogen) atoms. The average molecular weight is 585 g/mol.